The van der Waals surface area contributed by atoms with E-state index in [9.17, 15) is 14.7 Å². The zero-order chi connectivity index (χ0) is 14.8. The van der Waals surface area contributed by atoms with Crippen molar-refractivity contribution in [3.05, 3.63) is 33.8 Å². The number of amides is 1. The predicted molar refractivity (Wildman–Crippen MR) is 79.7 cm³/mol. The van der Waals surface area contributed by atoms with E-state index in [0.29, 0.717) is 18.4 Å². The quantitative estimate of drug-likeness (QED) is 0.885. The number of hydrogen-bond donors (Lipinski definition) is 2. The Balaban J connectivity index is 2.08. The number of benzene rings is 1. The average molecular weight is 340 g/mol. The topological polar surface area (TPSA) is 66.4 Å². The van der Waals surface area contributed by atoms with Crippen molar-refractivity contribution in [2.24, 2.45) is 5.41 Å². The number of carboxylic acids is 1. The smallest absolute Gasteiger partial charge is 0.311 e. The normalized spacial score (nSPS) is 16.9. The zero-order valence-electron chi connectivity index (χ0n) is 11.4. The lowest BCUT2D eigenvalue weighted by Crippen LogP contribution is -2.41. The van der Waals surface area contributed by atoms with Gasteiger partial charge in [-0.15, -0.1) is 0 Å². The molecule has 4 nitrogen and oxygen atoms in total. The molecular weight excluding hydrogens is 322 g/mol. The van der Waals surface area contributed by atoms with Gasteiger partial charge in [0.15, 0.2) is 0 Å². The Morgan fingerprint density at radius 3 is 2.60 bits per heavy atom. The Morgan fingerprint density at radius 2 is 2.00 bits per heavy atom. The molecule has 20 heavy (non-hydrogen) atoms. The van der Waals surface area contributed by atoms with Crippen LogP contribution in [0.25, 0.3) is 0 Å². The average Bonchev–Trinajstić information content (AvgIpc) is 2.89. The summed E-state index contributed by atoms with van der Waals surface area (Å²) in [4.78, 5) is 23.6. The number of aryl methyl sites for hydroxylation is 1. The summed E-state index contributed by atoms with van der Waals surface area (Å²) in [5.74, 6) is -1.04. The van der Waals surface area contributed by atoms with Gasteiger partial charge in [0.25, 0.3) is 5.91 Å². The highest BCUT2D eigenvalue weighted by Crippen LogP contribution is 2.37. The highest BCUT2D eigenvalue weighted by atomic mass is 79.9. The minimum absolute atomic E-state index is 0.196. The highest BCUT2D eigenvalue weighted by molar-refractivity contribution is 9.10. The van der Waals surface area contributed by atoms with Crippen LogP contribution in [-0.4, -0.2) is 23.5 Å². The van der Waals surface area contributed by atoms with Crippen molar-refractivity contribution in [2.75, 3.05) is 6.54 Å². The lowest BCUT2D eigenvalue weighted by molar-refractivity contribution is -0.148. The maximum Gasteiger partial charge on any atom is 0.311 e. The van der Waals surface area contributed by atoms with Crippen LogP contribution in [0.5, 0.6) is 0 Å². The minimum Gasteiger partial charge on any atom is -0.481 e. The van der Waals surface area contributed by atoms with Crippen molar-refractivity contribution in [2.45, 2.75) is 32.6 Å². The van der Waals surface area contributed by atoms with E-state index in [1.54, 1.807) is 6.07 Å². The van der Waals surface area contributed by atoms with Crippen molar-refractivity contribution in [1.29, 1.82) is 0 Å². The lowest BCUT2D eigenvalue weighted by atomic mass is 9.86. The number of carboxylic acid groups (broad SMARTS) is 1. The number of carbonyl (C=O) groups is 2. The van der Waals surface area contributed by atoms with Crippen LogP contribution in [0.2, 0.25) is 0 Å². The van der Waals surface area contributed by atoms with Crippen molar-refractivity contribution in [3.63, 3.8) is 0 Å². The van der Waals surface area contributed by atoms with Crippen LogP contribution in [0.3, 0.4) is 0 Å². The van der Waals surface area contributed by atoms with Gasteiger partial charge in [-0.1, -0.05) is 25.0 Å². The van der Waals surface area contributed by atoms with Gasteiger partial charge in [0.2, 0.25) is 0 Å². The second kappa shape index (κ2) is 5.95. The summed E-state index contributed by atoms with van der Waals surface area (Å²) in [6, 6.07) is 5.46. The van der Waals surface area contributed by atoms with Gasteiger partial charge < -0.3 is 10.4 Å². The molecule has 0 aromatic heterocycles. The Bertz CT molecular complexity index is 536. The molecule has 0 spiro atoms. The number of nitrogens with one attached hydrogen (secondary N) is 1. The van der Waals surface area contributed by atoms with E-state index in [0.717, 1.165) is 22.9 Å². The largest absolute Gasteiger partial charge is 0.481 e. The van der Waals surface area contributed by atoms with Crippen molar-refractivity contribution in [3.8, 4) is 0 Å². The first-order valence-electron chi connectivity index (χ1n) is 6.73. The van der Waals surface area contributed by atoms with Crippen LogP contribution in [0.4, 0.5) is 0 Å². The second-order valence-corrected chi connectivity index (χ2v) is 6.20. The van der Waals surface area contributed by atoms with E-state index in [-0.39, 0.29) is 12.5 Å². The van der Waals surface area contributed by atoms with Gasteiger partial charge in [-0.25, -0.2) is 0 Å². The molecule has 0 unspecified atom stereocenters. The third-order valence-corrected chi connectivity index (χ3v) is 5.09. The van der Waals surface area contributed by atoms with Crippen molar-refractivity contribution in [1.82, 2.24) is 5.32 Å². The van der Waals surface area contributed by atoms with Gasteiger partial charge >= 0.3 is 5.97 Å². The number of carbonyl (C=O) groups excluding carboxylic acids is 1. The molecule has 1 amide bonds. The number of hydrogen-bond acceptors (Lipinski definition) is 2. The SMILES string of the molecule is Cc1cccc(C(=O)NCC2(C(=O)O)CCCC2)c1Br. The maximum atomic E-state index is 12.2. The van der Waals surface area contributed by atoms with Gasteiger partial charge in [-0.3, -0.25) is 9.59 Å². The molecule has 0 heterocycles. The Hall–Kier alpha value is -1.36. The Morgan fingerprint density at radius 1 is 1.35 bits per heavy atom. The van der Waals surface area contributed by atoms with Gasteiger partial charge in [0, 0.05) is 11.0 Å². The van der Waals surface area contributed by atoms with Crippen molar-refractivity contribution < 1.29 is 14.7 Å². The standard InChI is InChI=1S/C15H18BrNO3/c1-10-5-4-6-11(12(10)16)13(18)17-9-15(14(19)20)7-2-3-8-15/h4-6H,2-3,7-9H2,1H3,(H,17,18)(H,19,20). The summed E-state index contributed by atoms with van der Waals surface area (Å²) in [7, 11) is 0. The number of aliphatic carboxylic acids is 1. The first-order chi connectivity index (χ1) is 9.46. The molecule has 108 valence electrons. The van der Waals surface area contributed by atoms with Gasteiger partial charge in [-0.05, 0) is 47.3 Å². The van der Waals surface area contributed by atoms with E-state index in [4.69, 9.17) is 0 Å². The fourth-order valence-corrected chi connectivity index (χ4v) is 3.13. The summed E-state index contributed by atoms with van der Waals surface area (Å²) in [5, 5.41) is 12.2. The summed E-state index contributed by atoms with van der Waals surface area (Å²) in [6.45, 7) is 2.11. The van der Waals surface area contributed by atoms with E-state index in [2.05, 4.69) is 21.2 Å². The molecule has 0 saturated heterocycles. The first kappa shape index (κ1) is 15.0. The molecule has 1 aliphatic rings. The van der Waals surface area contributed by atoms with Crippen LogP contribution < -0.4 is 5.32 Å². The van der Waals surface area contributed by atoms with Gasteiger partial charge in [-0.2, -0.15) is 0 Å². The Kier molecular flexibility index (Phi) is 4.48. The molecule has 1 fully saturated rings. The minimum atomic E-state index is -0.807. The second-order valence-electron chi connectivity index (χ2n) is 5.41. The lowest BCUT2D eigenvalue weighted by Gasteiger charge is -2.24. The molecule has 5 heteroatoms. The fourth-order valence-electron chi connectivity index (χ4n) is 2.69. The summed E-state index contributed by atoms with van der Waals surface area (Å²) in [6.07, 6.45) is 3.10. The Labute approximate surface area is 126 Å². The molecule has 2 N–H and O–H groups in total. The molecule has 0 aliphatic heterocycles. The van der Waals surface area contributed by atoms with Gasteiger partial charge in [0.05, 0.1) is 11.0 Å². The predicted octanol–water partition coefficient (Wildman–Crippen LogP) is 3.13. The molecule has 0 atom stereocenters. The van der Waals surface area contributed by atoms with Gasteiger partial charge in [0.1, 0.15) is 0 Å². The van der Waals surface area contributed by atoms with E-state index in [1.165, 1.54) is 0 Å². The monoisotopic (exact) mass is 339 g/mol. The molecule has 1 aliphatic carbocycles. The fraction of sp³-hybridized carbons (Fsp3) is 0.467. The van der Waals surface area contributed by atoms with Crippen LogP contribution in [-0.2, 0) is 4.79 Å². The molecule has 1 aromatic carbocycles. The number of halogens is 1. The third kappa shape index (κ3) is 2.87. The summed E-state index contributed by atoms with van der Waals surface area (Å²) >= 11 is 3.40. The van der Waals surface area contributed by atoms with Crippen LogP contribution >= 0.6 is 15.9 Å². The molecule has 1 aromatic rings. The molecule has 2 rings (SSSR count). The van der Waals surface area contributed by atoms with Crippen LogP contribution in [0.1, 0.15) is 41.6 Å². The third-order valence-electron chi connectivity index (χ3n) is 4.04. The molecular formula is C15H18BrNO3. The molecule has 1 saturated carbocycles. The molecule has 0 bridgehead atoms. The van der Waals surface area contributed by atoms with E-state index < -0.39 is 11.4 Å². The van der Waals surface area contributed by atoms with E-state index >= 15 is 0 Å². The maximum absolute atomic E-state index is 12.2. The molecule has 0 radical (unpaired) electrons. The van der Waals surface area contributed by atoms with E-state index in [1.807, 2.05) is 19.1 Å². The summed E-state index contributed by atoms with van der Waals surface area (Å²) in [5.41, 5.74) is 0.737. The zero-order valence-corrected chi connectivity index (χ0v) is 13.0. The van der Waals surface area contributed by atoms with Crippen LogP contribution in [0, 0.1) is 12.3 Å². The first-order valence-corrected chi connectivity index (χ1v) is 7.52. The highest BCUT2D eigenvalue weighted by Gasteiger charge is 2.41. The summed E-state index contributed by atoms with van der Waals surface area (Å²) < 4.78 is 0.758. The number of rotatable bonds is 4. The van der Waals surface area contributed by atoms with Crippen molar-refractivity contribution >= 4 is 27.8 Å². The van der Waals surface area contributed by atoms with Crippen LogP contribution in [0.15, 0.2) is 22.7 Å².